The summed E-state index contributed by atoms with van der Waals surface area (Å²) in [4.78, 5) is 16.3. The minimum atomic E-state index is -0.581. The molecular weight excluding hydrogens is 348 g/mol. The fourth-order valence-electron chi connectivity index (χ4n) is 1.87. The van der Waals surface area contributed by atoms with Gasteiger partial charge < -0.3 is 20.8 Å². The first-order valence-corrected chi connectivity index (χ1v) is 8.66. The maximum absolute atomic E-state index is 11.0. The maximum atomic E-state index is 11.0. The monoisotopic (exact) mass is 366 g/mol. The molecule has 2 rings (SSSR count). The van der Waals surface area contributed by atoms with Gasteiger partial charge in [0.15, 0.2) is 11.7 Å². The van der Waals surface area contributed by atoms with Crippen molar-refractivity contribution >= 4 is 35.2 Å². The number of primary amides is 1. The number of aliphatic imine (C=N–C) groups is 1. The summed E-state index contributed by atoms with van der Waals surface area (Å²) in [6, 6.07) is 11.0. The van der Waals surface area contributed by atoms with Gasteiger partial charge in [0.25, 0.3) is 5.91 Å². The highest BCUT2D eigenvalue weighted by Gasteiger charge is 2.07. The summed E-state index contributed by atoms with van der Waals surface area (Å²) >= 11 is 7.59. The van der Waals surface area contributed by atoms with Crippen molar-refractivity contribution in [1.29, 1.82) is 0 Å². The van der Waals surface area contributed by atoms with Gasteiger partial charge in [-0.2, -0.15) is 0 Å². The molecule has 0 aliphatic rings. The summed E-state index contributed by atoms with van der Waals surface area (Å²) in [5, 5.41) is 7.06. The standard InChI is InChI=1S/C16H19ClN4O2S/c1-19-16(21-10-12-4-7-14(23-12)15(18)22)20-8-9-24-13-5-2-11(17)3-6-13/h2-7H,8-10H2,1H3,(H2,18,22)(H2,19,20,21). The van der Waals surface area contributed by atoms with Gasteiger partial charge >= 0.3 is 0 Å². The molecule has 0 fully saturated rings. The van der Waals surface area contributed by atoms with Gasteiger partial charge in [-0.15, -0.1) is 11.8 Å². The van der Waals surface area contributed by atoms with Crippen LogP contribution in [0.4, 0.5) is 0 Å². The van der Waals surface area contributed by atoms with Gasteiger partial charge in [-0.3, -0.25) is 9.79 Å². The summed E-state index contributed by atoms with van der Waals surface area (Å²) in [6.07, 6.45) is 0. The number of furan rings is 1. The van der Waals surface area contributed by atoms with E-state index in [1.54, 1.807) is 30.9 Å². The van der Waals surface area contributed by atoms with E-state index in [-0.39, 0.29) is 5.76 Å². The lowest BCUT2D eigenvalue weighted by molar-refractivity contribution is 0.0972. The van der Waals surface area contributed by atoms with E-state index in [0.29, 0.717) is 18.3 Å². The summed E-state index contributed by atoms with van der Waals surface area (Å²) < 4.78 is 5.30. The van der Waals surface area contributed by atoms with E-state index in [1.165, 1.54) is 4.90 Å². The first-order chi connectivity index (χ1) is 11.6. The smallest absolute Gasteiger partial charge is 0.284 e. The Balaban J connectivity index is 1.70. The van der Waals surface area contributed by atoms with Crippen molar-refractivity contribution in [2.45, 2.75) is 11.4 Å². The topological polar surface area (TPSA) is 92.6 Å². The molecule has 0 saturated heterocycles. The third kappa shape index (κ3) is 5.82. The van der Waals surface area contributed by atoms with E-state index >= 15 is 0 Å². The van der Waals surface area contributed by atoms with Gasteiger partial charge in [-0.1, -0.05) is 11.6 Å². The lowest BCUT2D eigenvalue weighted by Gasteiger charge is -2.10. The predicted octanol–water partition coefficient (Wildman–Crippen LogP) is 2.49. The van der Waals surface area contributed by atoms with Crippen molar-refractivity contribution in [3.8, 4) is 0 Å². The number of hydrogen-bond donors (Lipinski definition) is 3. The van der Waals surface area contributed by atoms with Gasteiger partial charge in [-0.25, -0.2) is 0 Å². The molecule has 1 heterocycles. The van der Waals surface area contributed by atoms with Crippen molar-refractivity contribution in [3.63, 3.8) is 0 Å². The van der Waals surface area contributed by atoms with Crippen LogP contribution in [0.25, 0.3) is 0 Å². The SMILES string of the molecule is CN=C(NCCSc1ccc(Cl)cc1)NCc1ccc(C(N)=O)o1. The number of carbonyl (C=O) groups is 1. The van der Waals surface area contributed by atoms with Crippen LogP contribution >= 0.6 is 23.4 Å². The number of benzene rings is 1. The molecule has 24 heavy (non-hydrogen) atoms. The second-order valence-corrected chi connectivity index (χ2v) is 6.39. The van der Waals surface area contributed by atoms with Gasteiger partial charge in [0.1, 0.15) is 5.76 Å². The molecule has 0 atom stereocenters. The number of carbonyl (C=O) groups excluding carboxylic acids is 1. The van der Waals surface area contributed by atoms with Crippen LogP contribution in [0.15, 0.2) is 50.7 Å². The van der Waals surface area contributed by atoms with E-state index < -0.39 is 5.91 Å². The molecule has 1 aromatic heterocycles. The molecule has 2 aromatic rings. The van der Waals surface area contributed by atoms with E-state index in [2.05, 4.69) is 15.6 Å². The summed E-state index contributed by atoms with van der Waals surface area (Å²) in [6.45, 7) is 1.16. The van der Waals surface area contributed by atoms with Crippen LogP contribution in [0.5, 0.6) is 0 Å². The number of nitrogens with zero attached hydrogens (tertiary/aromatic N) is 1. The first-order valence-electron chi connectivity index (χ1n) is 7.30. The molecule has 0 radical (unpaired) electrons. The fraction of sp³-hybridized carbons (Fsp3) is 0.250. The summed E-state index contributed by atoms with van der Waals surface area (Å²) in [5.74, 6) is 1.72. The molecule has 4 N–H and O–H groups in total. The maximum Gasteiger partial charge on any atom is 0.284 e. The van der Waals surface area contributed by atoms with Crippen molar-refractivity contribution in [2.24, 2.45) is 10.7 Å². The number of halogens is 1. The number of nitrogens with one attached hydrogen (secondary N) is 2. The average molecular weight is 367 g/mol. The lowest BCUT2D eigenvalue weighted by atomic mass is 10.4. The van der Waals surface area contributed by atoms with Gasteiger partial charge in [-0.05, 0) is 36.4 Å². The number of thioether (sulfide) groups is 1. The molecule has 0 spiro atoms. The highest BCUT2D eigenvalue weighted by atomic mass is 35.5. The molecule has 0 aliphatic heterocycles. The van der Waals surface area contributed by atoms with Crippen LogP contribution in [0.1, 0.15) is 16.3 Å². The summed E-state index contributed by atoms with van der Waals surface area (Å²) in [5.41, 5.74) is 5.15. The number of rotatable bonds is 7. The average Bonchev–Trinajstić information content (AvgIpc) is 3.05. The zero-order valence-corrected chi connectivity index (χ0v) is 14.8. The molecule has 0 unspecified atom stereocenters. The number of guanidine groups is 1. The van der Waals surface area contributed by atoms with Crippen LogP contribution in [0.3, 0.4) is 0 Å². The number of hydrogen-bond acceptors (Lipinski definition) is 4. The van der Waals surface area contributed by atoms with E-state index in [0.717, 1.165) is 17.3 Å². The molecule has 1 aromatic carbocycles. The van der Waals surface area contributed by atoms with Crippen molar-refractivity contribution < 1.29 is 9.21 Å². The number of amides is 1. The van der Waals surface area contributed by atoms with E-state index in [9.17, 15) is 4.79 Å². The highest BCUT2D eigenvalue weighted by molar-refractivity contribution is 7.99. The van der Waals surface area contributed by atoms with E-state index in [1.807, 2.05) is 24.3 Å². The molecule has 0 bridgehead atoms. The van der Waals surface area contributed by atoms with Crippen molar-refractivity contribution in [1.82, 2.24) is 10.6 Å². The van der Waals surface area contributed by atoms with Crippen molar-refractivity contribution in [2.75, 3.05) is 19.3 Å². The number of nitrogens with two attached hydrogens (primary N) is 1. The Morgan fingerprint density at radius 2 is 2.00 bits per heavy atom. The zero-order chi connectivity index (χ0) is 17.4. The summed E-state index contributed by atoms with van der Waals surface area (Å²) in [7, 11) is 1.69. The quantitative estimate of drug-likeness (QED) is 0.303. The Bertz CT molecular complexity index is 700. The lowest BCUT2D eigenvalue weighted by Crippen LogP contribution is -2.37. The molecule has 0 saturated carbocycles. The third-order valence-electron chi connectivity index (χ3n) is 3.04. The minimum Gasteiger partial charge on any atom is -0.454 e. The molecule has 1 amide bonds. The zero-order valence-electron chi connectivity index (χ0n) is 13.2. The van der Waals surface area contributed by atoms with Crippen LogP contribution in [-0.2, 0) is 6.54 Å². The van der Waals surface area contributed by atoms with Gasteiger partial charge in [0.2, 0.25) is 0 Å². The van der Waals surface area contributed by atoms with Crippen LogP contribution in [0.2, 0.25) is 5.02 Å². The highest BCUT2D eigenvalue weighted by Crippen LogP contribution is 2.19. The van der Waals surface area contributed by atoms with Crippen molar-refractivity contribution in [3.05, 3.63) is 52.9 Å². The van der Waals surface area contributed by atoms with Gasteiger partial charge in [0.05, 0.1) is 6.54 Å². The minimum absolute atomic E-state index is 0.147. The molecular formula is C16H19ClN4O2S. The molecule has 0 aliphatic carbocycles. The molecule has 128 valence electrons. The Morgan fingerprint density at radius 1 is 1.25 bits per heavy atom. The molecule has 6 nitrogen and oxygen atoms in total. The Hall–Kier alpha value is -2.12. The van der Waals surface area contributed by atoms with Gasteiger partial charge in [0, 0.05) is 29.3 Å². The second kappa shape index (κ2) is 9.24. The van der Waals surface area contributed by atoms with Crippen LogP contribution in [-0.4, -0.2) is 31.2 Å². The first kappa shape index (κ1) is 18.2. The van der Waals surface area contributed by atoms with Crippen LogP contribution < -0.4 is 16.4 Å². The Morgan fingerprint density at radius 3 is 2.62 bits per heavy atom. The predicted molar refractivity (Wildman–Crippen MR) is 97.6 cm³/mol. The Kier molecular flexibility index (Phi) is 7.02. The largest absolute Gasteiger partial charge is 0.454 e. The van der Waals surface area contributed by atoms with E-state index in [4.69, 9.17) is 21.8 Å². The Labute approximate surface area is 149 Å². The normalized spacial score (nSPS) is 11.3. The third-order valence-corrected chi connectivity index (χ3v) is 4.30. The fourth-order valence-corrected chi connectivity index (χ4v) is 2.76. The van der Waals surface area contributed by atoms with Crippen LogP contribution in [0, 0.1) is 0 Å². The molecule has 8 heteroatoms. The second-order valence-electron chi connectivity index (χ2n) is 4.79.